The number of aldehydes is 1. The second-order valence-corrected chi connectivity index (χ2v) is 5.44. The molecule has 98 valence electrons. The number of nitrogens with one attached hydrogen (secondary N) is 1. The topological polar surface area (TPSA) is 36.1 Å². The summed E-state index contributed by atoms with van der Waals surface area (Å²) in [4.78, 5) is 16.5. The Labute approximate surface area is 113 Å². The minimum absolute atomic E-state index is 0.346. The van der Waals surface area contributed by atoms with E-state index in [1.54, 1.807) is 0 Å². The number of aryl methyl sites for hydroxylation is 1. The van der Waals surface area contributed by atoms with E-state index < -0.39 is 0 Å². The largest absolute Gasteiger partial charge is 0.355 e. The predicted octanol–water partition coefficient (Wildman–Crippen LogP) is 2.71. The normalized spacial score (nSPS) is 19.2. The SMILES string of the molecule is Cc1cccc(C2CN(C)Cc3[nH]c(C=O)cc32)c1. The van der Waals surface area contributed by atoms with Crippen LogP contribution >= 0.6 is 0 Å². The number of aromatic amines is 1. The van der Waals surface area contributed by atoms with Gasteiger partial charge in [-0.3, -0.25) is 9.69 Å². The van der Waals surface area contributed by atoms with Gasteiger partial charge in [0.1, 0.15) is 0 Å². The van der Waals surface area contributed by atoms with Gasteiger partial charge < -0.3 is 4.98 Å². The number of nitrogens with zero attached hydrogens (tertiary/aromatic N) is 1. The summed E-state index contributed by atoms with van der Waals surface area (Å²) in [5.41, 5.74) is 5.72. The molecule has 0 spiro atoms. The predicted molar refractivity (Wildman–Crippen MR) is 75.5 cm³/mol. The number of benzene rings is 1. The smallest absolute Gasteiger partial charge is 0.166 e. The van der Waals surface area contributed by atoms with Crippen LogP contribution in [0.1, 0.15) is 38.8 Å². The quantitative estimate of drug-likeness (QED) is 0.836. The summed E-state index contributed by atoms with van der Waals surface area (Å²) in [6.07, 6.45) is 0.894. The molecule has 19 heavy (non-hydrogen) atoms. The number of hydrogen-bond donors (Lipinski definition) is 1. The number of hydrogen-bond acceptors (Lipinski definition) is 2. The zero-order chi connectivity index (χ0) is 13.4. The van der Waals surface area contributed by atoms with E-state index in [0.717, 1.165) is 19.4 Å². The molecule has 0 bridgehead atoms. The van der Waals surface area contributed by atoms with Crippen LogP contribution in [0, 0.1) is 6.92 Å². The number of fused-ring (bicyclic) bond motifs is 1. The lowest BCUT2D eigenvalue weighted by Crippen LogP contribution is -2.30. The molecule has 3 rings (SSSR count). The Hall–Kier alpha value is -1.87. The van der Waals surface area contributed by atoms with Crippen molar-refractivity contribution in [3.8, 4) is 0 Å². The maximum Gasteiger partial charge on any atom is 0.166 e. The number of carbonyl (C=O) groups is 1. The van der Waals surface area contributed by atoms with Crippen molar-refractivity contribution in [1.82, 2.24) is 9.88 Å². The van der Waals surface area contributed by atoms with Crippen molar-refractivity contribution in [2.24, 2.45) is 0 Å². The lowest BCUT2D eigenvalue weighted by Gasteiger charge is -2.30. The molecule has 1 aromatic carbocycles. The first kappa shape index (κ1) is 12.2. The standard InChI is InChI=1S/C16H18N2O/c1-11-4-3-5-12(6-11)15-8-18(2)9-16-14(15)7-13(10-19)17-16/h3-7,10,15,17H,8-9H2,1-2H3. The molecule has 1 N–H and O–H groups in total. The highest BCUT2D eigenvalue weighted by atomic mass is 16.1. The van der Waals surface area contributed by atoms with E-state index in [2.05, 4.69) is 48.1 Å². The van der Waals surface area contributed by atoms with Gasteiger partial charge >= 0.3 is 0 Å². The first-order valence-corrected chi connectivity index (χ1v) is 6.59. The summed E-state index contributed by atoms with van der Waals surface area (Å²) < 4.78 is 0. The van der Waals surface area contributed by atoms with Gasteiger partial charge in [0.2, 0.25) is 0 Å². The maximum atomic E-state index is 11.0. The van der Waals surface area contributed by atoms with Crippen LogP contribution in [-0.4, -0.2) is 29.8 Å². The van der Waals surface area contributed by atoms with Crippen LogP contribution in [0.3, 0.4) is 0 Å². The third-order valence-corrected chi connectivity index (χ3v) is 3.82. The van der Waals surface area contributed by atoms with Crippen molar-refractivity contribution in [1.29, 1.82) is 0 Å². The van der Waals surface area contributed by atoms with Crippen LogP contribution < -0.4 is 0 Å². The molecule has 1 atom stereocenters. The second kappa shape index (κ2) is 4.67. The van der Waals surface area contributed by atoms with Gasteiger partial charge in [0, 0.05) is 24.7 Å². The van der Waals surface area contributed by atoms with Gasteiger partial charge in [-0.1, -0.05) is 29.8 Å². The Morgan fingerprint density at radius 3 is 2.95 bits per heavy atom. The van der Waals surface area contributed by atoms with E-state index in [9.17, 15) is 4.79 Å². The van der Waals surface area contributed by atoms with Crippen LogP contribution in [0.4, 0.5) is 0 Å². The van der Waals surface area contributed by atoms with Gasteiger partial charge in [0.25, 0.3) is 0 Å². The average Bonchev–Trinajstić information content (AvgIpc) is 2.80. The van der Waals surface area contributed by atoms with Crippen molar-refractivity contribution in [3.63, 3.8) is 0 Å². The molecule has 2 aromatic rings. The van der Waals surface area contributed by atoms with Crippen molar-refractivity contribution in [2.75, 3.05) is 13.6 Å². The highest BCUT2D eigenvalue weighted by molar-refractivity contribution is 5.73. The number of aromatic nitrogens is 1. The van der Waals surface area contributed by atoms with Gasteiger partial charge in [0.15, 0.2) is 6.29 Å². The fraction of sp³-hybridized carbons (Fsp3) is 0.312. The molecular weight excluding hydrogens is 236 g/mol. The van der Waals surface area contributed by atoms with Crippen LogP contribution in [0.2, 0.25) is 0 Å². The van der Waals surface area contributed by atoms with E-state index in [-0.39, 0.29) is 0 Å². The highest BCUT2D eigenvalue weighted by Crippen LogP contribution is 2.33. The molecule has 1 unspecified atom stereocenters. The number of carbonyl (C=O) groups excluding carboxylic acids is 1. The fourth-order valence-electron chi connectivity index (χ4n) is 2.96. The Morgan fingerprint density at radius 2 is 2.21 bits per heavy atom. The average molecular weight is 254 g/mol. The fourth-order valence-corrected chi connectivity index (χ4v) is 2.96. The van der Waals surface area contributed by atoms with Gasteiger partial charge in [-0.25, -0.2) is 0 Å². The molecule has 1 aliphatic heterocycles. The molecule has 1 aromatic heterocycles. The summed E-state index contributed by atoms with van der Waals surface area (Å²) in [6.45, 7) is 3.99. The van der Waals surface area contributed by atoms with Gasteiger partial charge in [-0.2, -0.15) is 0 Å². The van der Waals surface area contributed by atoms with Crippen molar-refractivity contribution in [2.45, 2.75) is 19.4 Å². The van der Waals surface area contributed by atoms with E-state index in [1.807, 2.05) is 6.07 Å². The zero-order valence-corrected chi connectivity index (χ0v) is 11.3. The van der Waals surface area contributed by atoms with Crippen LogP contribution in [-0.2, 0) is 6.54 Å². The van der Waals surface area contributed by atoms with Gasteiger partial charge in [-0.05, 0) is 31.2 Å². The minimum atomic E-state index is 0.346. The van der Waals surface area contributed by atoms with Crippen LogP contribution in [0.5, 0.6) is 0 Å². The van der Waals surface area contributed by atoms with Crippen molar-refractivity contribution < 1.29 is 4.79 Å². The van der Waals surface area contributed by atoms with E-state index in [0.29, 0.717) is 11.6 Å². The lowest BCUT2D eigenvalue weighted by molar-refractivity contribution is 0.111. The molecule has 2 heterocycles. The molecular formula is C16H18N2O. The van der Waals surface area contributed by atoms with Gasteiger partial charge in [-0.15, -0.1) is 0 Å². The van der Waals surface area contributed by atoms with Crippen LogP contribution in [0.15, 0.2) is 30.3 Å². The summed E-state index contributed by atoms with van der Waals surface area (Å²) in [5.74, 6) is 0.346. The third kappa shape index (κ3) is 2.22. The first-order valence-electron chi connectivity index (χ1n) is 6.59. The molecule has 3 heteroatoms. The first-order chi connectivity index (χ1) is 9.17. The number of rotatable bonds is 2. The molecule has 0 saturated heterocycles. The molecule has 0 saturated carbocycles. The lowest BCUT2D eigenvalue weighted by atomic mass is 9.87. The molecule has 1 aliphatic rings. The van der Waals surface area contributed by atoms with E-state index in [4.69, 9.17) is 0 Å². The second-order valence-electron chi connectivity index (χ2n) is 5.44. The van der Waals surface area contributed by atoms with Gasteiger partial charge in [0.05, 0.1) is 5.69 Å². The Morgan fingerprint density at radius 1 is 1.37 bits per heavy atom. The van der Waals surface area contributed by atoms with E-state index >= 15 is 0 Å². The van der Waals surface area contributed by atoms with Crippen molar-refractivity contribution >= 4 is 6.29 Å². The number of H-pyrrole nitrogens is 1. The molecule has 0 fully saturated rings. The monoisotopic (exact) mass is 254 g/mol. The third-order valence-electron chi connectivity index (χ3n) is 3.82. The molecule has 0 amide bonds. The van der Waals surface area contributed by atoms with Crippen LogP contribution in [0.25, 0.3) is 0 Å². The summed E-state index contributed by atoms with van der Waals surface area (Å²) in [6, 6.07) is 10.6. The Balaban J connectivity index is 2.07. The number of likely N-dealkylation sites (N-methyl/N-ethyl adjacent to an activating group) is 1. The van der Waals surface area contributed by atoms with E-state index in [1.165, 1.54) is 22.4 Å². The minimum Gasteiger partial charge on any atom is -0.355 e. The Kier molecular flexibility index (Phi) is 2.99. The summed E-state index contributed by atoms with van der Waals surface area (Å²) in [7, 11) is 2.12. The summed E-state index contributed by atoms with van der Waals surface area (Å²) >= 11 is 0. The van der Waals surface area contributed by atoms with Crippen molar-refractivity contribution in [3.05, 3.63) is 58.4 Å². The maximum absolute atomic E-state index is 11.0. The molecule has 0 radical (unpaired) electrons. The molecule has 3 nitrogen and oxygen atoms in total. The Bertz CT molecular complexity index is 615. The zero-order valence-electron chi connectivity index (χ0n) is 11.3. The molecule has 0 aliphatic carbocycles. The summed E-state index contributed by atoms with van der Waals surface area (Å²) in [5, 5.41) is 0. The highest BCUT2D eigenvalue weighted by Gasteiger charge is 2.26.